The Hall–Kier alpha value is -2.79. The summed E-state index contributed by atoms with van der Waals surface area (Å²) in [6.07, 6.45) is -3.11. The number of carbonyl (C=O) groups is 3. The second kappa shape index (κ2) is 7.66. The molecule has 10 heteroatoms. The van der Waals surface area contributed by atoms with Crippen LogP contribution in [0.5, 0.6) is 5.75 Å². The van der Waals surface area contributed by atoms with E-state index >= 15 is 0 Å². The zero-order valence-electron chi connectivity index (χ0n) is 17.1. The van der Waals surface area contributed by atoms with Crippen molar-refractivity contribution in [2.24, 2.45) is 23.5 Å². The number of phenolic OH excluding ortho intramolecular Hbond substituents is 1. The van der Waals surface area contributed by atoms with Crippen molar-refractivity contribution in [2.45, 2.75) is 50.1 Å². The molecular formula is C22H25NO9. The molecule has 1 amide bonds. The van der Waals surface area contributed by atoms with Crippen molar-refractivity contribution in [1.29, 1.82) is 0 Å². The summed E-state index contributed by atoms with van der Waals surface area (Å²) >= 11 is 0. The van der Waals surface area contributed by atoms with Crippen molar-refractivity contribution >= 4 is 17.5 Å². The van der Waals surface area contributed by atoms with Gasteiger partial charge in [0.15, 0.2) is 23.5 Å². The average Bonchev–Trinajstić information content (AvgIpc) is 2.69. The minimum atomic E-state index is -2.40. The highest BCUT2D eigenvalue weighted by Gasteiger charge is 2.62. The summed E-state index contributed by atoms with van der Waals surface area (Å²) in [5, 5.41) is 61.7. The third-order valence-corrected chi connectivity index (χ3v) is 7.16. The molecule has 1 aromatic carbocycles. The van der Waals surface area contributed by atoms with Crippen LogP contribution in [-0.2, 0) is 22.4 Å². The summed E-state index contributed by atoms with van der Waals surface area (Å²) < 4.78 is 0. The first kappa shape index (κ1) is 22.4. The van der Waals surface area contributed by atoms with Gasteiger partial charge in [-0.15, -0.1) is 0 Å². The normalized spacial score (nSPS) is 31.9. The Morgan fingerprint density at radius 3 is 2.50 bits per heavy atom. The zero-order valence-corrected chi connectivity index (χ0v) is 17.1. The summed E-state index contributed by atoms with van der Waals surface area (Å²) in [6.45, 7) is 0. The van der Waals surface area contributed by atoms with E-state index in [4.69, 9.17) is 5.73 Å². The minimum Gasteiger partial charge on any atom is -0.508 e. The number of phenols is 1. The van der Waals surface area contributed by atoms with Gasteiger partial charge in [0.25, 0.3) is 5.91 Å². The second-order valence-electron chi connectivity index (χ2n) is 8.89. The fourth-order valence-corrected chi connectivity index (χ4v) is 5.65. The predicted octanol–water partition coefficient (Wildman–Crippen LogP) is -1.01. The number of rotatable bonds is 4. The van der Waals surface area contributed by atoms with Gasteiger partial charge in [-0.25, -0.2) is 0 Å². The Labute approximate surface area is 182 Å². The maximum Gasteiger partial charge on any atom is 0.255 e. The number of nitrogens with two attached hydrogens (primary N) is 1. The van der Waals surface area contributed by atoms with Gasteiger partial charge in [-0.05, 0) is 42.4 Å². The quantitative estimate of drug-likeness (QED) is 0.223. The van der Waals surface area contributed by atoms with Gasteiger partial charge in [-0.3, -0.25) is 14.4 Å². The van der Waals surface area contributed by atoms with E-state index in [2.05, 4.69) is 0 Å². The van der Waals surface area contributed by atoms with E-state index in [0.29, 0.717) is 11.1 Å². The van der Waals surface area contributed by atoms with Crippen LogP contribution in [0.15, 0.2) is 23.5 Å². The van der Waals surface area contributed by atoms with Crippen molar-refractivity contribution in [3.8, 4) is 5.75 Å². The lowest BCUT2D eigenvalue weighted by atomic mass is 9.55. The van der Waals surface area contributed by atoms with Gasteiger partial charge in [0.1, 0.15) is 23.2 Å². The molecule has 1 aromatic rings. The monoisotopic (exact) mass is 447 g/mol. The molecule has 1 saturated carbocycles. The fourth-order valence-electron chi connectivity index (χ4n) is 5.65. The van der Waals surface area contributed by atoms with E-state index in [9.17, 15) is 45.0 Å². The Morgan fingerprint density at radius 2 is 1.88 bits per heavy atom. The fraction of sp³-hybridized carbons (Fsp3) is 0.500. The molecule has 0 saturated heterocycles. The molecule has 0 aliphatic heterocycles. The van der Waals surface area contributed by atoms with Crippen LogP contribution >= 0.6 is 0 Å². The highest BCUT2D eigenvalue weighted by molar-refractivity contribution is 6.20. The minimum absolute atomic E-state index is 0.0214. The van der Waals surface area contributed by atoms with Crippen LogP contribution in [0.3, 0.4) is 0 Å². The molecule has 0 aromatic heterocycles. The number of aliphatic hydroxyl groups is 5. The van der Waals surface area contributed by atoms with Crippen LogP contribution in [0.2, 0.25) is 0 Å². The van der Waals surface area contributed by atoms with Crippen molar-refractivity contribution in [3.63, 3.8) is 0 Å². The topological polar surface area (TPSA) is 199 Å². The molecule has 8 N–H and O–H groups in total. The van der Waals surface area contributed by atoms with Gasteiger partial charge in [-0.1, -0.05) is 6.07 Å². The molecular weight excluding hydrogens is 422 g/mol. The second-order valence-corrected chi connectivity index (χ2v) is 8.89. The van der Waals surface area contributed by atoms with Crippen LogP contribution in [0, 0.1) is 17.8 Å². The first-order chi connectivity index (χ1) is 15.0. The number of aromatic hydroxyl groups is 1. The third-order valence-electron chi connectivity index (χ3n) is 7.16. The Morgan fingerprint density at radius 1 is 1.19 bits per heavy atom. The van der Waals surface area contributed by atoms with Crippen LogP contribution < -0.4 is 5.73 Å². The van der Waals surface area contributed by atoms with E-state index in [1.165, 1.54) is 6.07 Å². The molecule has 2 unspecified atom stereocenters. The molecule has 0 radical (unpaired) electrons. The first-order valence-electron chi connectivity index (χ1n) is 10.4. The largest absolute Gasteiger partial charge is 0.508 e. The van der Waals surface area contributed by atoms with Gasteiger partial charge in [0, 0.05) is 18.8 Å². The molecule has 5 atom stereocenters. The van der Waals surface area contributed by atoms with Crippen LogP contribution in [0.25, 0.3) is 0 Å². The average molecular weight is 447 g/mol. The lowest BCUT2D eigenvalue weighted by Gasteiger charge is -2.52. The van der Waals surface area contributed by atoms with Gasteiger partial charge < -0.3 is 36.4 Å². The van der Waals surface area contributed by atoms with Crippen molar-refractivity contribution in [1.82, 2.24) is 0 Å². The summed E-state index contributed by atoms with van der Waals surface area (Å²) in [7, 11) is 0. The molecule has 32 heavy (non-hydrogen) atoms. The number of aryl methyl sites for hydroxylation is 1. The molecule has 172 valence electrons. The molecule has 3 aliphatic carbocycles. The van der Waals surface area contributed by atoms with Crippen molar-refractivity contribution in [3.05, 3.63) is 40.2 Å². The van der Waals surface area contributed by atoms with Gasteiger partial charge in [-0.2, -0.15) is 0 Å². The number of aliphatic hydroxyl groups excluding tert-OH is 3. The van der Waals surface area contributed by atoms with E-state index in [1.54, 1.807) is 6.07 Å². The Kier molecular flexibility index (Phi) is 5.36. The molecule has 10 nitrogen and oxygen atoms in total. The number of fused-ring (bicyclic) bond motifs is 3. The van der Waals surface area contributed by atoms with E-state index in [-0.39, 0.29) is 43.4 Å². The molecule has 0 bridgehead atoms. The summed E-state index contributed by atoms with van der Waals surface area (Å²) in [5.74, 6) is -6.59. The van der Waals surface area contributed by atoms with Crippen molar-refractivity contribution in [2.75, 3.05) is 0 Å². The molecule has 1 fully saturated rings. The standard InChI is InChI=1S/C22H25NO9/c23-21(31)17-13(25)7-10-5-9-6-11-8(2-4-14(26)27)1-3-12(24)16(11)18(28)15(9)19(29)22(10,32)20(17)30/h1,3,9-10,14-15,19,24,26-27,29-30,32H,2,4-7H2,(H2,23,31)/t9-,10+,15?,19?,22+/m1/s1. The Balaban J connectivity index is 1.79. The molecule has 0 spiro atoms. The zero-order chi connectivity index (χ0) is 23.5. The summed E-state index contributed by atoms with van der Waals surface area (Å²) in [5.41, 5.74) is 3.14. The van der Waals surface area contributed by atoms with E-state index in [1.807, 2.05) is 0 Å². The maximum atomic E-state index is 13.4. The lowest BCUT2D eigenvalue weighted by molar-refractivity contribution is -0.170. The number of amides is 1. The maximum absolute atomic E-state index is 13.4. The number of Topliss-reactive ketones (excluding diaryl/α,β-unsaturated/α-hetero) is 2. The number of ketones is 2. The number of primary amides is 1. The number of benzene rings is 1. The Bertz CT molecular complexity index is 1050. The number of hydrogen-bond acceptors (Lipinski definition) is 9. The molecule has 4 rings (SSSR count). The van der Waals surface area contributed by atoms with Crippen LogP contribution in [-0.4, -0.2) is 66.1 Å². The summed E-state index contributed by atoms with van der Waals surface area (Å²) in [4.78, 5) is 37.4. The number of carbonyl (C=O) groups excluding carboxylic acids is 3. The van der Waals surface area contributed by atoms with Crippen LogP contribution in [0.4, 0.5) is 0 Å². The smallest absolute Gasteiger partial charge is 0.255 e. The highest BCUT2D eigenvalue weighted by Crippen LogP contribution is 2.53. The predicted molar refractivity (Wildman–Crippen MR) is 107 cm³/mol. The first-order valence-corrected chi connectivity index (χ1v) is 10.4. The van der Waals surface area contributed by atoms with E-state index in [0.717, 1.165) is 0 Å². The van der Waals surface area contributed by atoms with E-state index < -0.39 is 64.6 Å². The number of hydrogen-bond donors (Lipinski definition) is 7. The summed E-state index contributed by atoms with van der Waals surface area (Å²) in [6, 6.07) is 2.91. The van der Waals surface area contributed by atoms with Crippen molar-refractivity contribution < 1.29 is 45.0 Å². The van der Waals surface area contributed by atoms with Gasteiger partial charge in [0.05, 0.1) is 11.5 Å². The molecule has 3 aliphatic rings. The third kappa shape index (κ3) is 3.14. The lowest BCUT2D eigenvalue weighted by Crippen LogP contribution is -2.64. The van der Waals surface area contributed by atoms with Crippen LogP contribution in [0.1, 0.15) is 40.7 Å². The SMILES string of the molecule is NC(=O)C1=C(O)[C@@]2(O)C(O)C3C(=O)c4c(O)ccc(CCC(O)O)c4C[C@H]3C[C@H]2CC1=O. The highest BCUT2D eigenvalue weighted by atomic mass is 16.5. The molecule has 0 heterocycles. The van der Waals surface area contributed by atoms with Gasteiger partial charge >= 0.3 is 0 Å². The van der Waals surface area contributed by atoms with Gasteiger partial charge in [0.2, 0.25) is 0 Å².